The SMILES string of the molecule is CO[Si](C)(CO)CCCCCCCCCC(=O)C1CCCC1. The minimum atomic E-state index is -1.79. The molecular weight excluding hydrogens is 292 g/mol. The van der Waals surface area contributed by atoms with Gasteiger partial charge in [-0.05, 0) is 31.9 Å². The van der Waals surface area contributed by atoms with Gasteiger partial charge in [-0.2, -0.15) is 0 Å². The van der Waals surface area contributed by atoms with Crippen LogP contribution in [-0.4, -0.2) is 32.5 Å². The Morgan fingerprint density at radius 1 is 1.05 bits per heavy atom. The summed E-state index contributed by atoms with van der Waals surface area (Å²) in [7, 11) is -0.0547. The Kier molecular flexibility index (Phi) is 10.3. The van der Waals surface area contributed by atoms with Gasteiger partial charge in [0.15, 0.2) is 0 Å². The Labute approximate surface area is 138 Å². The van der Waals surface area contributed by atoms with Crippen LogP contribution in [0.15, 0.2) is 0 Å². The van der Waals surface area contributed by atoms with Crippen LogP contribution < -0.4 is 0 Å². The quantitative estimate of drug-likeness (QED) is 0.396. The maximum atomic E-state index is 11.9. The largest absolute Gasteiger partial charge is 0.418 e. The molecule has 0 radical (unpaired) electrons. The number of hydrogen-bond acceptors (Lipinski definition) is 3. The molecule has 1 aliphatic rings. The summed E-state index contributed by atoms with van der Waals surface area (Å²) in [5, 5.41) is 9.32. The topological polar surface area (TPSA) is 46.5 Å². The van der Waals surface area contributed by atoms with E-state index in [1.807, 2.05) is 0 Å². The third kappa shape index (κ3) is 7.89. The molecule has 0 aromatic rings. The summed E-state index contributed by atoms with van der Waals surface area (Å²) < 4.78 is 5.47. The van der Waals surface area contributed by atoms with Crippen molar-refractivity contribution in [2.75, 3.05) is 13.3 Å². The molecule has 1 atom stereocenters. The molecule has 1 rings (SSSR count). The van der Waals surface area contributed by atoms with Gasteiger partial charge in [0.2, 0.25) is 8.32 Å². The molecule has 0 aliphatic heterocycles. The smallest absolute Gasteiger partial charge is 0.214 e. The average molecular weight is 329 g/mol. The third-order valence-corrected chi connectivity index (χ3v) is 8.33. The Balaban J connectivity index is 1.88. The number of aliphatic hydroxyl groups excluding tert-OH is 1. The molecule has 0 bridgehead atoms. The number of aliphatic hydroxyl groups is 1. The van der Waals surface area contributed by atoms with Gasteiger partial charge in [0.25, 0.3) is 0 Å². The fraction of sp³-hybridized carbons (Fsp3) is 0.944. The second-order valence-corrected chi connectivity index (χ2v) is 11.4. The minimum Gasteiger partial charge on any atom is -0.418 e. The lowest BCUT2D eigenvalue weighted by Gasteiger charge is -2.22. The van der Waals surface area contributed by atoms with Gasteiger partial charge in [0, 0.05) is 19.4 Å². The first-order valence-electron chi connectivity index (χ1n) is 9.30. The van der Waals surface area contributed by atoms with Gasteiger partial charge >= 0.3 is 0 Å². The fourth-order valence-corrected chi connectivity index (χ4v) is 4.87. The lowest BCUT2D eigenvalue weighted by Crippen LogP contribution is -2.37. The van der Waals surface area contributed by atoms with Gasteiger partial charge in [0.1, 0.15) is 5.78 Å². The molecule has 3 nitrogen and oxygen atoms in total. The minimum absolute atomic E-state index is 0.235. The van der Waals surface area contributed by atoms with Gasteiger partial charge in [-0.15, -0.1) is 0 Å². The summed E-state index contributed by atoms with van der Waals surface area (Å²) in [4.78, 5) is 11.9. The van der Waals surface area contributed by atoms with Gasteiger partial charge in [-0.3, -0.25) is 4.79 Å². The molecular formula is C18H36O3Si. The fourth-order valence-electron chi connectivity index (χ4n) is 3.38. The molecule has 22 heavy (non-hydrogen) atoms. The van der Waals surface area contributed by atoms with Gasteiger partial charge in [0.05, 0.1) is 6.23 Å². The zero-order valence-corrected chi connectivity index (χ0v) is 15.7. The van der Waals surface area contributed by atoms with E-state index in [2.05, 4.69) is 6.55 Å². The maximum absolute atomic E-state index is 11.9. The van der Waals surface area contributed by atoms with Gasteiger partial charge in [-0.1, -0.05) is 51.4 Å². The van der Waals surface area contributed by atoms with E-state index < -0.39 is 8.32 Å². The van der Waals surface area contributed by atoms with Crippen LogP contribution in [0.25, 0.3) is 0 Å². The van der Waals surface area contributed by atoms with Crippen LogP contribution in [0.3, 0.4) is 0 Å². The molecule has 0 aromatic carbocycles. The van der Waals surface area contributed by atoms with Gasteiger partial charge in [-0.25, -0.2) is 0 Å². The summed E-state index contributed by atoms with van der Waals surface area (Å²) in [6.45, 7) is 2.11. The molecule has 0 spiro atoms. The number of rotatable bonds is 13. The van der Waals surface area contributed by atoms with E-state index in [-0.39, 0.29) is 6.23 Å². The molecule has 1 saturated carbocycles. The van der Waals surface area contributed by atoms with Crippen molar-refractivity contribution in [1.82, 2.24) is 0 Å². The van der Waals surface area contributed by atoms with Crippen LogP contribution in [0.5, 0.6) is 0 Å². The van der Waals surface area contributed by atoms with Crippen LogP contribution in [0.2, 0.25) is 12.6 Å². The van der Waals surface area contributed by atoms with Crippen molar-refractivity contribution in [3.63, 3.8) is 0 Å². The van der Waals surface area contributed by atoms with E-state index in [1.165, 1.54) is 51.4 Å². The van der Waals surface area contributed by atoms with Crippen LogP contribution >= 0.6 is 0 Å². The zero-order valence-electron chi connectivity index (χ0n) is 14.7. The van der Waals surface area contributed by atoms with Crippen molar-refractivity contribution in [2.24, 2.45) is 5.92 Å². The Bertz CT molecular complexity index is 297. The number of carbonyl (C=O) groups is 1. The highest BCUT2D eigenvalue weighted by Crippen LogP contribution is 2.27. The molecule has 0 heterocycles. The Morgan fingerprint density at radius 3 is 2.14 bits per heavy atom. The molecule has 130 valence electrons. The van der Waals surface area contributed by atoms with Crippen LogP contribution in [-0.2, 0) is 9.22 Å². The van der Waals surface area contributed by atoms with E-state index in [0.717, 1.165) is 31.7 Å². The number of ketones is 1. The second-order valence-electron chi connectivity index (χ2n) is 7.23. The van der Waals surface area contributed by atoms with Crippen LogP contribution in [0.1, 0.15) is 77.0 Å². The molecule has 1 unspecified atom stereocenters. The third-order valence-electron chi connectivity index (χ3n) is 5.27. The van der Waals surface area contributed by atoms with E-state index in [0.29, 0.717) is 11.7 Å². The Morgan fingerprint density at radius 2 is 1.59 bits per heavy atom. The molecule has 0 amide bonds. The van der Waals surface area contributed by atoms with E-state index >= 15 is 0 Å². The highest BCUT2D eigenvalue weighted by molar-refractivity contribution is 6.72. The summed E-state index contributed by atoms with van der Waals surface area (Å²) in [6.07, 6.45) is 14.4. The van der Waals surface area contributed by atoms with Crippen molar-refractivity contribution in [2.45, 2.75) is 89.6 Å². The predicted octanol–water partition coefficient (Wildman–Crippen LogP) is 4.62. The first-order chi connectivity index (χ1) is 10.6. The highest BCUT2D eigenvalue weighted by atomic mass is 28.4. The second kappa shape index (κ2) is 11.4. The number of Topliss-reactive ketones (excluding diaryl/α,β-unsaturated/α-hetero) is 1. The first-order valence-corrected chi connectivity index (χ1v) is 12.1. The normalized spacial score (nSPS) is 18.5. The molecule has 4 heteroatoms. The standard InChI is InChI=1S/C18H36O3Si/c1-21-22(2,16-19)15-11-7-5-3-4-6-8-14-18(20)17-12-9-10-13-17/h17,19H,3-16H2,1-2H3. The lowest BCUT2D eigenvalue weighted by molar-refractivity contribution is -0.122. The van der Waals surface area contributed by atoms with Crippen molar-refractivity contribution < 1.29 is 14.3 Å². The summed E-state index contributed by atoms with van der Waals surface area (Å²) >= 11 is 0. The van der Waals surface area contributed by atoms with Crippen molar-refractivity contribution >= 4 is 14.1 Å². The van der Waals surface area contributed by atoms with Crippen LogP contribution in [0.4, 0.5) is 0 Å². The van der Waals surface area contributed by atoms with E-state index in [4.69, 9.17) is 4.43 Å². The Hall–Kier alpha value is -0.193. The number of hydrogen-bond donors (Lipinski definition) is 1. The summed E-state index contributed by atoms with van der Waals surface area (Å²) in [5.74, 6) is 0.941. The molecule has 1 fully saturated rings. The van der Waals surface area contributed by atoms with Crippen molar-refractivity contribution in [3.05, 3.63) is 0 Å². The molecule has 1 aliphatic carbocycles. The number of carbonyl (C=O) groups excluding carboxylic acids is 1. The maximum Gasteiger partial charge on any atom is 0.214 e. The zero-order chi connectivity index (χ0) is 16.3. The predicted molar refractivity (Wildman–Crippen MR) is 94.4 cm³/mol. The lowest BCUT2D eigenvalue weighted by atomic mass is 9.97. The molecule has 1 N–H and O–H groups in total. The van der Waals surface area contributed by atoms with E-state index in [1.54, 1.807) is 7.11 Å². The average Bonchev–Trinajstić information content (AvgIpc) is 3.07. The first kappa shape index (κ1) is 19.9. The highest BCUT2D eigenvalue weighted by Gasteiger charge is 2.25. The summed E-state index contributed by atoms with van der Waals surface area (Å²) in [6, 6.07) is 1.07. The molecule has 0 saturated heterocycles. The van der Waals surface area contributed by atoms with Gasteiger partial charge < -0.3 is 9.53 Å². The van der Waals surface area contributed by atoms with Crippen LogP contribution in [0, 0.1) is 5.92 Å². The molecule has 0 aromatic heterocycles. The number of unbranched alkanes of at least 4 members (excludes halogenated alkanes) is 6. The summed E-state index contributed by atoms with van der Waals surface area (Å²) in [5.41, 5.74) is 0. The van der Waals surface area contributed by atoms with Crippen molar-refractivity contribution in [3.8, 4) is 0 Å². The van der Waals surface area contributed by atoms with E-state index in [9.17, 15) is 9.90 Å². The monoisotopic (exact) mass is 328 g/mol. The van der Waals surface area contributed by atoms with Crippen molar-refractivity contribution in [1.29, 1.82) is 0 Å².